The topological polar surface area (TPSA) is 75.7 Å². The zero-order valence-electron chi connectivity index (χ0n) is 18.2. The number of furan rings is 1. The molecule has 0 aliphatic heterocycles. The summed E-state index contributed by atoms with van der Waals surface area (Å²) in [6, 6.07) is 25.4. The number of hydrogen-bond donors (Lipinski definition) is 1. The number of fused-ring (bicyclic) bond motifs is 3. The van der Waals surface area contributed by atoms with E-state index >= 15 is 0 Å². The Morgan fingerprint density at radius 2 is 1.50 bits per heavy atom. The van der Waals surface area contributed by atoms with Gasteiger partial charge >= 0.3 is 0 Å². The number of benzene rings is 3. The average Bonchev–Trinajstić information content (AvgIpc) is 3.46. The van der Waals surface area contributed by atoms with Crippen molar-refractivity contribution in [1.82, 2.24) is 8.87 Å². The molecule has 5 aromatic rings. The van der Waals surface area contributed by atoms with E-state index in [1.807, 2.05) is 41.0 Å². The Kier molecular flexibility index (Phi) is 6.18. The van der Waals surface area contributed by atoms with Crippen LogP contribution >= 0.6 is 11.6 Å². The molecule has 1 N–H and O–H groups in total. The van der Waals surface area contributed by atoms with Gasteiger partial charge in [0.2, 0.25) is 10.0 Å². The van der Waals surface area contributed by atoms with Gasteiger partial charge < -0.3 is 14.1 Å². The first-order chi connectivity index (χ1) is 16.4. The Bertz CT molecular complexity index is 1470. The van der Waals surface area contributed by atoms with Crippen LogP contribution in [-0.4, -0.2) is 35.0 Å². The van der Waals surface area contributed by atoms with Gasteiger partial charge in [-0.1, -0.05) is 48.0 Å². The first kappa shape index (κ1) is 22.7. The highest BCUT2D eigenvalue weighted by atomic mass is 35.5. The molecular weight excluding hydrogens is 472 g/mol. The van der Waals surface area contributed by atoms with Gasteiger partial charge in [0.15, 0.2) is 0 Å². The Morgan fingerprint density at radius 1 is 0.882 bits per heavy atom. The number of aromatic nitrogens is 1. The lowest BCUT2D eigenvalue weighted by atomic mass is 10.2. The largest absolute Gasteiger partial charge is 0.468 e. The lowest BCUT2D eigenvalue weighted by Gasteiger charge is -2.25. The summed E-state index contributed by atoms with van der Waals surface area (Å²) in [6.45, 7) is 0.132. The maximum atomic E-state index is 13.5. The molecule has 2 heterocycles. The molecule has 0 radical (unpaired) electrons. The van der Waals surface area contributed by atoms with Crippen molar-refractivity contribution >= 4 is 43.4 Å². The number of hydrogen-bond acceptors (Lipinski definition) is 4. The van der Waals surface area contributed by atoms with Gasteiger partial charge in [0.1, 0.15) is 5.76 Å². The molecule has 6 nitrogen and oxygen atoms in total. The van der Waals surface area contributed by atoms with E-state index in [4.69, 9.17) is 16.0 Å². The van der Waals surface area contributed by atoms with Crippen molar-refractivity contribution in [2.45, 2.75) is 24.1 Å². The van der Waals surface area contributed by atoms with Crippen LogP contribution in [0.25, 0.3) is 21.8 Å². The van der Waals surface area contributed by atoms with Gasteiger partial charge in [0.05, 0.1) is 30.4 Å². The second-order valence-corrected chi connectivity index (χ2v) is 10.5. The fourth-order valence-corrected chi connectivity index (χ4v) is 5.85. The van der Waals surface area contributed by atoms with E-state index in [0.717, 1.165) is 21.8 Å². The number of sulfonamides is 1. The molecule has 1 atom stereocenters. The van der Waals surface area contributed by atoms with Crippen LogP contribution in [0, 0.1) is 0 Å². The zero-order chi connectivity index (χ0) is 23.7. The lowest BCUT2D eigenvalue weighted by molar-refractivity contribution is 0.126. The van der Waals surface area contributed by atoms with Crippen molar-refractivity contribution < 1.29 is 17.9 Å². The summed E-state index contributed by atoms with van der Waals surface area (Å²) in [7, 11) is -3.91. The Hall–Kier alpha value is -3.10. The standard InChI is InChI=1S/C26H23ClN2O4S/c27-19-11-13-22(14-12-19)34(31,32)28(18-21-6-5-15-33-21)16-20(30)17-29-25-9-3-1-7-23(25)24-8-2-4-10-26(24)29/h1-15,20,30H,16-18H2. The Labute approximate surface area is 202 Å². The summed E-state index contributed by atoms with van der Waals surface area (Å²) in [5.74, 6) is 0.488. The number of rotatable bonds is 8. The molecule has 8 heteroatoms. The molecule has 3 aromatic carbocycles. The predicted molar refractivity (Wildman–Crippen MR) is 133 cm³/mol. The van der Waals surface area contributed by atoms with E-state index in [1.165, 1.54) is 34.8 Å². The van der Waals surface area contributed by atoms with Crippen LogP contribution in [0.4, 0.5) is 0 Å². The van der Waals surface area contributed by atoms with Gasteiger partial charge in [-0.05, 0) is 48.5 Å². The van der Waals surface area contributed by atoms with Crippen LogP contribution in [0.2, 0.25) is 5.02 Å². The molecule has 2 aromatic heterocycles. The fourth-order valence-electron chi connectivity index (χ4n) is 4.28. The SMILES string of the molecule is O=S(=O)(c1ccc(Cl)cc1)N(Cc1ccco1)CC(O)Cn1c2ccccc2c2ccccc21. The minimum absolute atomic E-state index is 0.00218. The molecule has 1 unspecified atom stereocenters. The van der Waals surface area contributed by atoms with Gasteiger partial charge in [-0.2, -0.15) is 4.31 Å². The second-order valence-electron chi connectivity index (χ2n) is 8.13. The van der Waals surface area contributed by atoms with Gasteiger partial charge in [0.25, 0.3) is 0 Å². The van der Waals surface area contributed by atoms with E-state index in [0.29, 0.717) is 10.8 Å². The summed E-state index contributed by atoms with van der Waals surface area (Å²) < 4.78 is 35.6. The first-order valence-electron chi connectivity index (χ1n) is 10.9. The Morgan fingerprint density at radius 3 is 2.09 bits per heavy atom. The fraction of sp³-hybridized carbons (Fsp3) is 0.154. The summed E-state index contributed by atoms with van der Waals surface area (Å²) >= 11 is 5.95. The number of halogens is 1. The van der Waals surface area contributed by atoms with Gasteiger partial charge in [-0.3, -0.25) is 0 Å². The van der Waals surface area contributed by atoms with Crippen molar-refractivity contribution in [3.05, 3.63) is 102 Å². The molecule has 5 rings (SSSR count). The summed E-state index contributed by atoms with van der Waals surface area (Å²) in [5, 5.41) is 13.7. The van der Waals surface area contributed by atoms with E-state index < -0.39 is 16.1 Å². The quantitative estimate of drug-likeness (QED) is 0.318. The maximum absolute atomic E-state index is 13.5. The van der Waals surface area contributed by atoms with E-state index in [1.54, 1.807) is 12.1 Å². The van der Waals surface area contributed by atoms with Crippen LogP contribution in [0.15, 0.2) is 101 Å². The third kappa shape index (κ3) is 4.35. The predicted octanol–water partition coefficient (Wildman–Crippen LogP) is 5.29. The highest BCUT2D eigenvalue weighted by Gasteiger charge is 2.28. The third-order valence-corrected chi connectivity index (χ3v) is 7.93. The molecule has 0 fully saturated rings. The molecule has 0 aliphatic rings. The highest BCUT2D eigenvalue weighted by molar-refractivity contribution is 7.89. The van der Waals surface area contributed by atoms with Crippen LogP contribution in [0.3, 0.4) is 0 Å². The minimum Gasteiger partial charge on any atom is -0.468 e. The van der Waals surface area contributed by atoms with Crippen LogP contribution in [0.5, 0.6) is 0 Å². The lowest BCUT2D eigenvalue weighted by Crippen LogP contribution is -2.38. The first-order valence-corrected chi connectivity index (χ1v) is 12.7. The summed E-state index contributed by atoms with van der Waals surface area (Å²) in [6.07, 6.45) is 0.535. The van der Waals surface area contributed by atoms with Crippen LogP contribution in [0.1, 0.15) is 5.76 Å². The molecule has 0 saturated carbocycles. The second kappa shape index (κ2) is 9.27. The molecule has 0 amide bonds. The number of nitrogens with zero attached hydrogens (tertiary/aromatic N) is 2. The van der Waals surface area contributed by atoms with Crippen molar-refractivity contribution in [3.8, 4) is 0 Å². The van der Waals surface area contributed by atoms with Crippen LogP contribution < -0.4 is 0 Å². The number of para-hydroxylation sites is 2. The molecular formula is C26H23ClN2O4S. The smallest absolute Gasteiger partial charge is 0.243 e. The van der Waals surface area contributed by atoms with Crippen molar-refractivity contribution in [2.75, 3.05) is 6.54 Å². The number of aliphatic hydroxyl groups is 1. The van der Waals surface area contributed by atoms with Gasteiger partial charge in [-0.15, -0.1) is 0 Å². The normalized spacial score (nSPS) is 13.1. The number of aliphatic hydroxyl groups excluding tert-OH is 1. The van der Waals surface area contributed by atoms with E-state index in [-0.39, 0.29) is 24.5 Å². The molecule has 0 saturated heterocycles. The summed E-state index contributed by atoms with van der Waals surface area (Å²) in [4.78, 5) is 0.104. The monoisotopic (exact) mass is 494 g/mol. The zero-order valence-corrected chi connectivity index (χ0v) is 19.8. The summed E-state index contributed by atoms with van der Waals surface area (Å²) in [5.41, 5.74) is 1.97. The minimum atomic E-state index is -3.91. The van der Waals surface area contributed by atoms with E-state index in [9.17, 15) is 13.5 Å². The van der Waals surface area contributed by atoms with Crippen LogP contribution in [-0.2, 0) is 23.1 Å². The van der Waals surface area contributed by atoms with Gasteiger partial charge in [0, 0.05) is 33.4 Å². The maximum Gasteiger partial charge on any atom is 0.243 e. The van der Waals surface area contributed by atoms with Gasteiger partial charge in [-0.25, -0.2) is 8.42 Å². The molecule has 0 spiro atoms. The van der Waals surface area contributed by atoms with Crippen molar-refractivity contribution in [1.29, 1.82) is 0 Å². The van der Waals surface area contributed by atoms with Crippen molar-refractivity contribution in [3.63, 3.8) is 0 Å². The van der Waals surface area contributed by atoms with Crippen molar-refractivity contribution in [2.24, 2.45) is 0 Å². The highest BCUT2D eigenvalue weighted by Crippen LogP contribution is 2.29. The third-order valence-electron chi connectivity index (χ3n) is 5.85. The molecule has 174 valence electrons. The van der Waals surface area contributed by atoms with E-state index in [2.05, 4.69) is 12.1 Å². The Balaban J connectivity index is 1.47. The molecule has 0 aliphatic carbocycles. The average molecular weight is 495 g/mol. The molecule has 0 bridgehead atoms. The molecule has 34 heavy (non-hydrogen) atoms.